The molecule has 0 radical (unpaired) electrons. The molecule has 1 atom stereocenters. The zero-order valence-corrected chi connectivity index (χ0v) is 23.7. The van der Waals surface area contributed by atoms with Gasteiger partial charge in [-0.3, -0.25) is 9.36 Å². The molecule has 0 fully saturated rings. The number of hydrogen-bond donors (Lipinski definition) is 0. The number of thiazole rings is 1. The third-order valence-corrected chi connectivity index (χ3v) is 8.85. The predicted molar refractivity (Wildman–Crippen MR) is 155 cm³/mol. The van der Waals surface area contributed by atoms with E-state index in [0.29, 0.717) is 26.0 Å². The Kier molecular flexibility index (Phi) is 6.61. The molecule has 2 heterocycles. The lowest BCUT2D eigenvalue weighted by Gasteiger charge is -2.31. The Hall–Kier alpha value is -2.64. The van der Waals surface area contributed by atoms with Crippen LogP contribution in [0.3, 0.4) is 0 Å². The average Bonchev–Trinajstić information content (AvgIpc) is 3.19. The van der Waals surface area contributed by atoms with Gasteiger partial charge in [-0.2, -0.15) is 0 Å². The van der Waals surface area contributed by atoms with Crippen molar-refractivity contribution in [2.75, 3.05) is 6.61 Å². The molecule has 1 aliphatic heterocycles. The van der Waals surface area contributed by atoms with Crippen LogP contribution in [0.2, 0.25) is 10.0 Å². The van der Waals surface area contributed by atoms with Gasteiger partial charge in [0, 0.05) is 15.6 Å². The first-order valence-corrected chi connectivity index (χ1v) is 14.3. The van der Waals surface area contributed by atoms with E-state index in [1.54, 1.807) is 10.6 Å². The number of aryl methyl sites for hydroxylation is 1. The largest absolute Gasteiger partial charge is 0.493 e. The van der Waals surface area contributed by atoms with Crippen molar-refractivity contribution in [2.24, 2.45) is 4.99 Å². The zero-order valence-electron chi connectivity index (χ0n) is 19.8. The van der Waals surface area contributed by atoms with Gasteiger partial charge >= 0.3 is 0 Å². The molecule has 1 aromatic heterocycles. The normalized spacial score (nSPS) is 16.6. The first kappa shape index (κ1) is 24.7. The third-order valence-electron chi connectivity index (χ3n) is 6.68. The molecule has 0 saturated carbocycles. The Morgan fingerprint density at radius 2 is 1.97 bits per heavy atom. The first-order chi connectivity index (χ1) is 17.9. The molecule has 0 amide bonds. The SMILES string of the molecule is CCOc1ccc(/C=c2/sc3n(c2=O)C(c2ccc(Cl)cc2Cl)C2=C(N=3)c3ccccc3CC2)cc1Br. The predicted octanol–water partition coefficient (Wildman–Crippen LogP) is 6.79. The standard InChI is InChI=1S/C29H21BrCl2N2O2S/c1-2-36-24-12-7-16(13-22(24)30)14-25-28(35)34-27(20-11-9-18(31)15-23(20)32)21-10-8-17-5-3-4-6-19(17)26(21)33-29(34)37-25/h3-7,9,11-15,27H,2,8,10H2,1H3/b25-14+. The van der Waals surface area contributed by atoms with Gasteiger partial charge < -0.3 is 4.74 Å². The van der Waals surface area contributed by atoms with Crippen LogP contribution in [0.4, 0.5) is 0 Å². The van der Waals surface area contributed by atoms with Gasteiger partial charge in [0.1, 0.15) is 5.75 Å². The second kappa shape index (κ2) is 9.91. The number of aromatic nitrogens is 1. The molecule has 0 saturated heterocycles. The molecule has 0 spiro atoms. The fraction of sp³-hybridized carbons (Fsp3) is 0.172. The summed E-state index contributed by atoms with van der Waals surface area (Å²) in [6.45, 7) is 2.53. The highest BCUT2D eigenvalue weighted by Gasteiger charge is 2.33. The Morgan fingerprint density at radius 3 is 2.76 bits per heavy atom. The van der Waals surface area contributed by atoms with Gasteiger partial charge in [0.15, 0.2) is 4.80 Å². The highest BCUT2D eigenvalue weighted by Crippen LogP contribution is 2.43. The smallest absolute Gasteiger partial charge is 0.271 e. The Balaban J connectivity index is 1.58. The van der Waals surface area contributed by atoms with Crippen molar-refractivity contribution in [3.8, 4) is 5.75 Å². The molecular weight excluding hydrogens is 591 g/mol. The van der Waals surface area contributed by atoms with Gasteiger partial charge in [-0.05, 0) is 88.3 Å². The molecule has 4 nitrogen and oxygen atoms in total. The van der Waals surface area contributed by atoms with E-state index in [1.807, 2.05) is 49.4 Å². The summed E-state index contributed by atoms with van der Waals surface area (Å²) in [6.07, 6.45) is 3.59. The summed E-state index contributed by atoms with van der Waals surface area (Å²) in [5.74, 6) is 0.768. The molecule has 3 aromatic carbocycles. The molecule has 8 heteroatoms. The van der Waals surface area contributed by atoms with Crippen molar-refractivity contribution >= 4 is 62.2 Å². The Morgan fingerprint density at radius 1 is 1.14 bits per heavy atom. The molecule has 1 unspecified atom stereocenters. The van der Waals surface area contributed by atoms with Crippen LogP contribution < -0.4 is 19.6 Å². The van der Waals surface area contributed by atoms with E-state index in [1.165, 1.54) is 16.9 Å². The van der Waals surface area contributed by atoms with Gasteiger partial charge in [0.05, 0.1) is 27.4 Å². The van der Waals surface area contributed by atoms with E-state index in [2.05, 4.69) is 34.1 Å². The quantitative estimate of drug-likeness (QED) is 0.255. The summed E-state index contributed by atoms with van der Waals surface area (Å²) in [5, 5.41) is 1.10. The molecule has 186 valence electrons. The maximum absolute atomic E-state index is 13.9. The molecule has 1 aliphatic carbocycles. The van der Waals surface area contributed by atoms with Crippen molar-refractivity contribution in [3.05, 3.63) is 123 Å². The zero-order chi connectivity index (χ0) is 25.7. The number of halogens is 3. The van der Waals surface area contributed by atoms with Crippen LogP contribution >= 0.6 is 50.5 Å². The fourth-order valence-corrected chi connectivity index (χ4v) is 7.08. The van der Waals surface area contributed by atoms with Crippen molar-refractivity contribution in [2.45, 2.75) is 25.8 Å². The summed E-state index contributed by atoms with van der Waals surface area (Å²) in [7, 11) is 0. The maximum atomic E-state index is 13.9. The van der Waals surface area contributed by atoms with E-state index >= 15 is 0 Å². The Labute approximate surface area is 236 Å². The fourth-order valence-electron chi connectivity index (χ4n) is 5.05. The minimum absolute atomic E-state index is 0.0878. The summed E-state index contributed by atoms with van der Waals surface area (Å²) in [5.41, 5.74) is 6.09. The van der Waals surface area contributed by atoms with Crippen LogP contribution in [-0.2, 0) is 6.42 Å². The minimum atomic E-state index is -0.349. The molecule has 2 aliphatic rings. The molecule has 0 bridgehead atoms. The number of rotatable bonds is 4. The monoisotopic (exact) mass is 610 g/mol. The summed E-state index contributed by atoms with van der Waals surface area (Å²) < 4.78 is 8.88. The molecular formula is C29H21BrCl2N2O2S. The van der Waals surface area contributed by atoms with Crippen LogP contribution in [0.15, 0.2) is 80.5 Å². The van der Waals surface area contributed by atoms with Crippen molar-refractivity contribution in [3.63, 3.8) is 0 Å². The van der Waals surface area contributed by atoms with Crippen LogP contribution in [0.5, 0.6) is 5.75 Å². The van der Waals surface area contributed by atoms with E-state index in [4.69, 9.17) is 32.9 Å². The van der Waals surface area contributed by atoms with Crippen LogP contribution in [-0.4, -0.2) is 11.2 Å². The van der Waals surface area contributed by atoms with E-state index in [-0.39, 0.29) is 11.6 Å². The number of hydrogen-bond acceptors (Lipinski definition) is 4. The van der Waals surface area contributed by atoms with Gasteiger partial charge in [0.2, 0.25) is 0 Å². The van der Waals surface area contributed by atoms with Crippen LogP contribution in [0.25, 0.3) is 11.8 Å². The summed E-state index contributed by atoms with van der Waals surface area (Å²) >= 11 is 17.9. The van der Waals surface area contributed by atoms with Crippen molar-refractivity contribution in [1.29, 1.82) is 0 Å². The average molecular weight is 612 g/mol. The first-order valence-electron chi connectivity index (χ1n) is 11.9. The number of fused-ring (bicyclic) bond motifs is 3. The lowest BCUT2D eigenvalue weighted by molar-refractivity contribution is 0.338. The number of benzene rings is 3. The minimum Gasteiger partial charge on any atom is -0.493 e. The van der Waals surface area contributed by atoms with Gasteiger partial charge in [-0.25, -0.2) is 4.99 Å². The highest BCUT2D eigenvalue weighted by atomic mass is 79.9. The molecule has 6 rings (SSSR count). The van der Waals surface area contributed by atoms with Gasteiger partial charge in [0.25, 0.3) is 5.56 Å². The van der Waals surface area contributed by atoms with Crippen molar-refractivity contribution < 1.29 is 4.74 Å². The second-order valence-electron chi connectivity index (χ2n) is 8.90. The summed E-state index contributed by atoms with van der Waals surface area (Å²) in [6, 6.07) is 19.3. The van der Waals surface area contributed by atoms with Crippen molar-refractivity contribution in [1.82, 2.24) is 4.57 Å². The molecule has 37 heavy (non-hydrogen) atoms. The van der Waals surface area contributed by atoms with Gasteiger partial charge in [-0.15, -0.1) is 0 Å². The topological polar surface area (TPSA) is 43.6 Å². The summed E-state index contributed by atoms with van der Waals surface area (Å²) in [4.78, 5) is 19.6. The van der Waals surface area contributed by atoms with Gasteiger partial charge in [-0.1, -0.05) is 70.9 Å². The van der Waals surface area contributed by atoms with E-state index in [9.17, 15) is 4.79 Å². The van der Waals surface area contributed by atoms with E-state index in [0.717, 1.165) is 51.0 Å². The molecule has 0 N–H and O–H groups in total. The van der Waals surface area contributed by atoms with Crippen LogP contribution in [0, 0.1) is 0 Å². The maximum Gasteiger partial charge on any atom is 0.271 e. The highest BCUT2D eigenvalue weighted by molar-refractivity contribution is 9.10. The second-order valence-corrected chi connectivity index (χ2v) is 11.6. The number of ether oxygens (including phenoxy) is 1. The lowest BCUT2D eigenvalue weighted by Crippen LogP contribution is -2.38. The molecule has 4 aromatic rings. The number of nitrogens with zero attached hydrogens (tertiary/aromatic N) is 2. The van der Waals surface area contributed by atoms with Crippen LogP contribution in [0.1, 0.15) is 41.6 Å². The Bertz CT molecular complexity index is 1770. The third kappa shape index (κ3) is 4.40. The lowest BCUT2D eigenvalue weighted by atomic mass is 9.83. The number of allylic oxidation sites excluding steroid dienone is 1. The van der Waals surface area contributed by atoms with E-state index < -0.39 is 0 Å².